The molecule has 1 heterocycles. The Morgan fingerprint density at radius 3 is 2.63 bits per heavy atom. The van der Waals surface area contributed by atoms with E-state index in [1.807, 2.05) is 18.7 Å². The van der Waals surface area contributed by atoms with Crippen molar-refractivity contribution in [3.8, 4) is 0 Å². The highest BCUT2D eigenvalue weighted by molar-refractivity contribution is 8.00. The minimum absolute atomic E-state index is 0.406. The van der Waals surface area contributed by atoms with Gasteiger partial charge < -0.3 is 5.32 Å². The van der Waals surface area contributed by atoms with Gasteiger partial charge >= 0.3 is 0 Å². The molecular weight excluding hydrogens is 254 g/mol. The number of hydrogen-bond acceptors (Lipinski definition) is 4. The lowest BCUT2D eigenvalue weighted by Gasteiger charge is -2.36. The Hall–Kier alpha value is -0.770. The van der Waals surface area contributed by atoms with Gasteiger partial charge in [-0.2, -0.15) is 11.8 Å². The first kappa shape index (κ1) is 14.6. The van der Waals surface area contributed by atoms with E-state index in [1.165, 1.54) is 32.1 Å². The van der Waals surface area contributed by atoms with E-state index in [0.29, 0.717) is 4.75 Å². The maximum atomic E-state index is 4.50. The number of aryl methyl sites for hydroxylation is 2. The molecule has 1 aromatic heterocycles. The van der Waals surface area contributed by atoms with Gasteiger partial charge in [0.05, 0.1) is 0 Å². The summed E-state index contributed by atoms with van der Waals surface area (Å²) in [6.07, 6.45) is 9.99. The highest BCUT2D eigenvalue weighted by Gasteiger charge is 2.30. The monoisotopic (exact) mass is 279 g/mol. The second kappa shape index (κ2) is 6.60. The van der Waals surface area contributed by atoms with Crippen LogP contribution >= 0.6 is 11.8 Å². The molecule has 0 bridgehead atoms. The first-order valence-corrected chi connectivity index (χ1v) is 8.53. The number of nitrogens with one attached hydrogen (secondary N) is 1. The van der Waals surface area contributed by atoms with Crippen LogP contribution in [0.5, 0.6) is 0 Å². The summed E-state index contributed by atoms with van der Waals surface area (Å²) in [5, 5.41) is 3.55. The molecule has 0 spiro atoms. The minimum atomic E-state index is 0.406. The molecule has 0 amide bonds. The van der Waals surface area contributed by atoms with Crippen LogP contribution in [0, 0.1) is 6.92 Å². The summed E-state index contributed by atoms with van der Waals surface area (Å²) in [7, 11) is 0. The Kier molecular flexibility index (Phi) is 5.08. The van der Waals surface area contributed by atoms with Gasteiger partial charge in [0.25, 0.3) is 0 Å². The van der Waals surface area contributed by atoms with Gasteiger partial charge in [-0.25, -0.2) is 9.97 Å². The number of hydrogen-bond donors (Lipinski definition) is 1. The van der Waals surface area contributed by atoms with E-state index in [9.17, 15) is 0 Å². The van der Waals surface area contributed by atoms with Crippen LogP contribution in [0.25, 0.3) is 0 Å². The largest absolute Gasteiger partial charge is 0.369 e. The molecular formula is C15H25N3S. The molecule has 0 saturated heterocycles. The minimum Gasteiger partial charge on any atom is -0.369 e. The fraction of sp³-hybridized carbons (Fsp3) is 0.733. The van der Waals surface area contributed by atoms with Crippen molar-refractivity contribution in [1.29, 1.82) is 0 Å². The van der Waals surface area contributed by atoms with Gasteiger partial charge in [-0.1, -0.05) is 26.2 Å². The average Bonchev–Trinajstić information content (AvgIpc) is 2.45. The molecule has 2 rings (SSSR count). The number of nitrogens with zero attached hydrogens (tertiary/aromatic N) is 2. The van der Waals surface area contributed by atoms with Crippen LogP contribution in [0.1, 0.15) is 50.5 Å². The first-order chi connectivity index (χ1) is 9.17. The first-order valence-electron chi connectivity index (χ1n) is 7.31. The predicted octanol–water partition coefficient (Wildman–Crippen LogP) is 3.83. The predicted molar refractivity (Wildman–Crippen MR) is 84.0 cm³/mol. The van der Waals surface area contributed by atoms with E-state index >= 15 is 0 Å². The highest BCUT2D eigenvalue weighted by Crippen LogP contribution is 2.38. The molecule has 1 aromatic rings. The van der Waals surface area contributed by atoms with Crippen LogP contribution < -0.4 is 5.32 Å². The van der Waals surface area contributed by atoms with Crippen molar-refractivity contribution in [2.75, 3.05) is 18.1 Å². The van der Waals surface area contributed by atoms with E-state index in [-0.39, 0.29) is 0 Å². The molecule has 0 aromatic carbocycles. The fourth-order valence-electron chi connectivity index (χ4n) is 2.80. The highest BCUT2D eigenvalue weighted by atomic mass is 32.2. The molecule has 0 unspecified atom stereocenters. The summed E-state index contributed by atoms with van der Waals surface area (Å²) >= 11 is 2.02. The summed E-state index contributed by atoms with van der Waals surface area (Å²) in [6.45, 7) is 5.12. The standard InChI is InChI=1S/C15H25N3S/c1-4-13-10-14(18-12(2)17-13)16-11-15(19-3)8-6-5-7-9-15/h10H,4-9,11H2,1-3H3,(H,16,17,18). The van der Waals surface area contributed by atoms with Crippen molar-refractivity contribution in [2.24, 2.45) is 0 Å². The maximum Gasteiger partial charge on any atom is 0.129 e. The number of aromatic nitrogens is 2. The molecule has 1 N–H and O–H groups in total. The zero-order chi connectivity index (χ0) is 13.7. The van der Waals surface area contributed by atoms with Crippen LogP contribution in [0.2, 0.25) is 0 Å². The molecule has 19 heavy (non-hydrogen) atoms. The second-order valence-electron chi connectivity index (χ2n) is 5.45. The van der Waals surface area contributed by atoms with Crippen molar-refractivity contribution in [2.45, 2.75) is 57.1 Å². The van der Waals surface area contributed by atoms with Gasteiger partial charge in [0.1, 0.15) is 11.6 Å². The Bertz CT molecular complexity index is 414. The summed E-state index contributed by atoms with van der Waals surface area (Å²) in [5.41, 5.74) is 1.12. The third-order valence-corrected chi connectivity index (χ3v) is 5.46. The molecule has 1 saturated carbocycles. The zero-order valence-electron chi connectivity index (χ0n) is 12.3. The Morgan fingerprint density at radius 1 is 1.26 bits per heavy atom. The topological polar surface area (TPSA) is 37.8 Å². The van der Waals surface area contributed by atoms with Gasteiger partial charge in [-0.3, -0.25) is 0 Å². The molecule has 1 aliphatic carbocycles. The maximum absolute atomic E-state index is 4.50. The quantitative estimate of drug-likeness (QED) is 0.889. The van der Waals surface area contributed by atoms with Crippen molar-refractivity contribution in [3.05, 3.63) is 17.6 Å². The number of rotatable bonds is 5. The summed E-state index contributed by atoms with van der Waals surface area (Å²) in [6, 6.07) is 2.09. The lowest BCUT2D eigenvalue weighted by Crippen LogP contribution is -2.35. The number of thioether (sulfide) groups is 1. The van der Waals surface area contributed by atoms with Crippen molar-refractivity contribution >= 4 is 17.6 Å². The van der Waals surface area contributed by atoms with Gasteiger partial charge in [-0.05, 0) is 32.4 Å². The molecule has 0 radical (unpaired) electrons. The molecule has 0 aliphatic heterocycles. The lowest BCUT2D eigenvalue weighted by atomic mass is 9.88. The van der Waals surface area contributed by atoms with Crippen molar-refractivity contribution in [1.82, 2.24) is 9.97 Å². The lowest BCUT2D eigenvalue weighted by molar-refractivity contribution is 0.411. The Balaban J connectivity index is 2.02. The fourth-order valence-corrected chi connectivity index (χ4v) is 3.72. The van der Waals surface area contributed by atoms with E-state index in [1.54, 1.807) is 0 Å². The third-order valence-electron chi connectivity index (χ3n) is 4.04. The summed E-state index contributed by atoms with van der Waals surface area (Å²) in [5.74, 6) is 1.85. The Labute approximate surface area is 121 Å². The smallest absolute Gasteiger partial charge is 0.129 e. The van der Waals surface area contributed by atoms with E-state index in [2.05, 4.69) is 34.5 Å². The van der Waals surface area contributed by atoms with E-state index in [0.717, 1.165) is 30.3 Å². The SMILES string of the molecule is CCc1cc(NCC2(SC)CCCCC2)nc(C)n1. The molecule has 3 nitrogen and oxygen atoms in total. The third kappa shape index (κ3) is 3.85. The molecule has 4 heteroatoms. The van der Waals surface area contributed by atoms with E-state index < -0.39 is 0 Å². The summed E-state index contributed by atoms with van der Waals surface area (Å²) < 4.78 is 0.406. The van der Waals surface area contributed by atoms with Gasteiger partial charge in [0.15, 0.2) is 0 Å². The normalized spacial score (nSPS) is 18.3. The van der Waals surface area contributed by atoms with Crippen LogP contribution in [-0.2, 0) is 6.42 Å². The van der Waals surface area contributed by atoms with Gasteiger partial charge in [-0.15, -0.1) is 0 Å². The molecule has 1 aliphatic rings. The number of anilines is 1. The van der Waals surface area contributed by atoms with Crippen LogP contribution in [0.4, 0.5) is 5.82 Å². The average molecular weight is 279 g/mol. The summed E-state index contributed by atoms with van der Waals surface area (Å²) in [4.78, 5) is 8.93. The van der Waals surface area contributed by atoms with Crippen LogP contribution in [-0.4, -0.2) is 27.5 Å². The second-order valence-corrected chi connectivity index (χ2v) is 6.72. The van der Waals surface area contributed by atoms with Gasteiger partial charge in [0.2, 0.25) is 0 Å². The Morgan fingerprint density at radius 2 is 2.00 bits per heavy atom. The van der Waals surface area contributed by atoms with Crippen molar-refractivity contribution in [3.63, 3.8) is 0 Å². The molecule has 1 fully saturated rings. The van der Waals surface area contributed by atoms with Crippen molar-refractivity contribution < 1.29 is 0 Å². The zero-order valence-corrected chi connectivity index (χ0v) is 13.1. The van der Waals surface area contributed by atoms with Gasteiger partial charge in [0, 0.05) is 23.1 Å². The van der Waals surface area contributed by atoms with E-state index in [4.69, 9.17) is 0 Å². The molecule has 0 atom stereocenters. The molecule has 106 valence electrons. The van der Waals surface area contributed by atoms with Crippen LogP contribution in [0.3, 0.4) is 0 Å². The van der Waals surface area contributed by atoms with Crippen LogP contribution in [0.15, 0.2) is 6.07 Å².